The first kappa shape index (κ1) is 22.2. The SMILES string of the molecule is CC(=O)Nc1ccc(N2C(=O)C(=O)/C(=C(\O)c3ccc(Cl)cc3)C2c2ccc(F)cc2)cc1. The Kier molecular flexibility index (Phi) is 5.98. The number of halogens is 2. The molecule has 1 atom stereocenters. The molecule has 0 aromatic heterocycles. The first-order valence-corrected chi connectivity index (χ1v) is 10.3. The maximum absolute atomic E-state index is 13.6. The summed E-state index contributed by atoms with van der Waals surface area (Å²) in [6.07, 6.45) is 0. The van der Waals surface area contributed by atoms with Gasteiger partial charge < -0.3 is 10.4 Å². The maximum atomic E-state index is 13.6. The number of hydrogen-bond donors (Lipinski definition) is 2. The third-order valence-corrected chi connectivity index (χ3v) is 5.47. The zero-order valence-electron chi connectivity index (χ0n) is 17.4. The largest absolute Gasteiger partial charge is 0.507 e. The van der Waals surface area contributed by atoms with Gasteiger partial charge in [-0.1, -0.05) is 23.7 Å². The van der Waals surface area contributed by atoms with E-state index >= 15 is 0 Å². The molecule has 2 N–H and O–H groups in total. The molecular formula is C25H18ClFN2O4. The van der Waals surface area contributed by atoms with Crippen molar-refractivity contribution in [2.24, 2.45) is 0 Å². The molecule has 1 fully saturated rings. The normalized spacial score (nSPS) is 17.3. The number of aliphatic hydroxyl groups is 1. The molecule has 2 amide bonds. The van der Waals surface area contributed by atoms with Gasteiger partial charge in [0.15, 0.2) is 0 Å². The fourth-order valence-electron chi connectivity index (χ4n) is 3.73. The summed E-state index contributed by atoms with van der Waals surface area (Å²) in [5.41, 5.74) is 1.51. The van der Waals surface area contributed by atoms with Crippen LogP contribution in [0.3, 0.4) is 0 Å². The molecule has 0 aliphatic carbocycles. The molecule has 1 aliphatic heterocycles. The number of Topliss-reactive ketones (excluding diaryl/α,β-unsaturated/α-hetero) is 1. The number of anilines is 2. The minimum atomic E-state index is -0.993. The number of nitrogens with one attached hydrogen (secondary N) is 1. The van der Waals surface area contributed by atoms with Gasteiger partial charge in [0, 0.05) is 28.9 Å². The third kappa shape index (κ3) is 4.36. The van der Waals surface area contributed by atoms with Crippen molar-refractivity contribution in [1.82, 2.24) is 0 Å². The van der Waals surface area contributed by atoms with Crippen molar-refractivity contribution in [2.45, 2.75) is 13.0 Å². The number of rotatable bonds is 4. The fraction of sp³-hybridized carbons (Fsp3) is 0.0800. The van der Waals surface area contributed by atoms with Crippen LogP contribution in [0.15, 0.2) is 78.4 Å². The minimum absolute atomic E-state index is 0.125. The van der Waals surface area contributed by atoms with Crippen molar-refractivity contribution in [3.8, 4) is 0 Å². The Labute approximate surface area is 193 Å². The van der Waals surface area contributed by atoms with Crippen LogP contribution < -0.4 is 10.2 Å². The summed E-state index contributed by atoms with van der Waals surface area (Å²) in [7, 11) is 0. The molecule has 0 saturated carbocycles. The molecule has 1 aliphatic rings. The number of carbonyl (C=O) groups is 3. The first-order chi connectivity index (χ1) is 15.8. The Balaban J connectivity index is 1.87. The van der Waals surface area contributed by atoms with Crippen molar-refractivity contribution >= 4 is 46.3 Å². The number of nitrogens with zero attached hydrogens (tertiary/aromatic N) is 1. The minimum Gasteiger partial charge on any atom is -0.507 e. The van der Waals surface area contributed by atoms with E-state index in [0.717, 1.165) is 0 Å². The Bertz CT molecular complexity index is 1270. The Morgan fingerprint density at radius 3 is 2.15 bits per heavy atom. The third-order valence-electron chi connectivity index (χ3n) is 5.21. The molecule has 1 unspecified atom stereocenters. The van der Waals surface area contributed by atoms with Gasteiger partial charge in [0.1, 0.15) is 11.6 Å². The lowest BCUT2D eigenvalue weighted by atomic mass is 9.95. The molecule has 0 spiro atoms. The van der Waals surface area contributed by atoms with Crippen LogP contribution in [-0.2, 0) is 14.4 Å². The van der Waals surface area contributed by atoms with Crippen molar-refractivity contribution in [3.63, 3.8) is 0 Å². The predicted octanol–water partition coefficient (Wildman–Crippen LogP) is 5.06. The molecule has 1 heterocycles. The highest BCUT2D eigenvalue weighted by Crippen LogP contribution is 2.42. The zero-order valence-corrected chi connectivity index (χ0v) is 18.1. The van der Waals surface area contributed by atoms with Crippen LogP contribution in [0.1, 0.15) is 24.1 Å². The van der Waals surface area contributed by atoms with Gasteiger partial charge in [-0.05, 0) is 66.2 Å². The van der Waals surface area contributed by atoms with Crippen molar-refractivity contribution in [3.05, 3.63) is 100 Å². The van der Waals surface area contributed by atoms with Gasteiger partial charge >= 0.3 is 0 Å². The first-order valence-electron chi connectivity index (χ1n) is 9.96. The summed E-state index contributed by atoms with van der Waals surface area (Å²) in [5.74, 6) is -2.81. The number of ketones is 1. The van der Waals surface area contributed by atoms with Crippen LogP contribution in [-0.4, -0.2) is 22.7 Å². The molecule has 0 bridgehead atoms. The van der Waals surface area contributed by atoms with E-state index in [-0.39, 0.29) is 17.2 Å². The van der Waals surface area contributed by atoms with Gasteiger partial charge in [-0.3, -0.25) is 19.3 Å². The molecule has 166 valence electrons. The maximum Gasteiger partial charge on any atom is 0.300 e. The standard InChI is InChI=1S/C25H18ClFN2O4/c1-14(30)28-19-10-12-20(13-11-19)29-22(15-4-8-18(27)9-5-15)21(24(32)25(29)33)23(31)16-2-6-17(26)7-3-16/h2-13,22,31H,1H3,(H,28,30)/b23-21-. The van der Waals surface area contributed by atoms with Gasteiger partial charge in [0.2, 0.25) is 5.91 Å². The van der Waals surface area contributed by atoms with Crippen molar-refractivity contribution in [1.29, 1.82) is 0 Å². The topological polar surface area (TPSA) is 86.7 Å². The summed E-state index contributed by atoms with van der Waals surface area (Å²) in [6, 6.07) is 16.9. The van der Waals surface area contributed by atoms with E-state index in [4.69, 9.17) is 11.6 Å². The van der Waals surface area contributed by atoms with Gasteiger partial charge in [0.05, 0.1) is 11.6 Å². The summed E-state index contributed by atoms with van der Waals surface area (Å²) in [5, 5.41) is 14.1. The Hall–Kier alpha value is -3.97. The van der Waals surface area contributed by atoms with E-state index in [9.17, 15) is 23.9 Å². The fourth-order valence-corrected chi connectivity index (χ4v) is 3.86. The van der Waals surface area contributed by atoms with E-state index in [0.29, 0.717) is 27.5 Å². The molecule has 33 heavy (non-hydrogen) atoms. The molecule has 0 radical (unpaired) electrons. The smallest absolute Gasteiger partial charge is 0.300 e. The molecule has 3 aromatic carbocycles. The predicted molar refractivity (Wildman–Crippen MR) is 123 cm³/mol. The summed E-state index contributed by atoms with van der Waals surface area (Å²) in [4.78, 5) is 38.7. The van der Waals surface area contributed by atoms with E-state index in [1.165, 1.54) is 48.2 Å². The highest BCUT2D eigenvalue weighted by Gasteiger charge is 2.46. The van der Waals surface area contributed by atoms with E-state index in [1.54, 1.807) is 36.4 Å². The van der Waals surface area contributed by atoms with Crippen LogP contribution >= 0.6 is 11.6 Å². The lowest BCUT2D eigenvalue weighted by Gasteiger charge is -2.25. The number of hydrogen-bond acceptors (Lipinski definition) is 4. The quantitative estimate of drug-likeness (QED) is 0.321. The molecular weight excluding hydrogens is 447 g/mol. The second kappa shape index (κ2) is 8.88. The van der Waals surface area contributed by atoms with Crippen LogP contribution in [0.25, 0.3) is 5.76 Å². The highest BCUT2D eigenvalue weighted by atomic mass is 35.5. The molecule has 3 aromatic rings. The van der Waals surface area contributed by atoms with Crippen LogP contribution in [0, 0.1) is 5.82 Å². The summed E-state index contributed by atoms with van der Waals surface area (Å²) >= 11 is 5.93. The van der Waals surface area contributed by atoms with E-state index < -0.39 is 23.5 Å². The number of carbonyl (C=O) groups excluding carboxylic acids is 3. The average molecular weight is 465 g/mol. The van der Waals surface area contributed by atoms with Crippen LogP contribution in [0.5, 0.6) is 0 Å². The summed E-state index contributed by atoms with van der Waals surface area (Å²) in [6.45, 7) is 1.37. The monoisotopic (exact) mass is 464 g/mol. The Morgan fingerprint density at radius 1 is 0.970 bits per heavy atom. The van der Waals surface area contributed by atoms with Gasteiger partial charge in [-0.15, -0.1) is 0 Å². The number of aliphatic hydroxyl groups excluding tert-OH is 1. The van der Waals surface area contributed by atoms with Crippen LogP contribution in [0.2, 0.25) is 5.02 Å². The zero-order chi connectivity index (χ0) is 23.7. The van der Waals surface area contributed by atoms with Gasteiger partial charge in [-0.2, -0.15) is 0 Å². The van der Waals surface area contributed by atoms with E-state index in [2.05, 4.69) is 5.32 Å². The number of amides is 2. The molecule has 4 rings (SSSR count). The van der Waals surface area contributed by atoms with E-state index in [1.807, 2.05) is 0 Å². The lowest BCUT2D eigenvalue weighted by Crippen LogP contribution is -2.29. The molecule has 8 heteroatoms. The van der Waals surface area contributed by atoms with Crippen molar-refractivity contribution in [2.75, 3.05) is 10.2 Å². The van der Waals surface area contributed by atoms with Crippen LogP contribution in [0.4, 0.5) is 15.8 Å². The number of benzene rings is 3. The second-order valence-corrected chi connectivity index (χ2v) is 7.89. The Morgan fingerprint density at radius 2 is 1.58 bits per heavy atom. The highest BCUT2D eigenvalue weighted by molar-refractivity contribution is 6.51. The second-order valence-electron chi connectivity index (χ2n) is 7.46. The summed E-state index contributed by atoms with van der Waals surface area (Å²) < 4.78 is 13.6. The average Bonchev–Trinajstić information content (AvgIpc) is 3.05. The lowest BCUT2D eigenvalue weighted by molar-refractivity contribution is -0.132. The molecule has 6 nitrogen and oxygen atoms in total. The van der Waals surface area contributed by atoms with Crippen molar-refractivity contribution < 1.29 is 23.9 Å². The van der Waals surface area contributed by atoms with Gasteiger partial charge in [0.25, 0.3) is 11.7 Å². The van der Waals surface area contributed by atoms with Gasteiger partial charge in [-0.25, -0.2) is 4.39 Å². The molecule has 1 saturated heterocycles.